The Bertz CT molecular complexity index is 1590. The molecule has 2 heterocycles. The number of nitrogens with zero attached hydrogens (tertiary/aromatic N) is 3. The topological polar surface area (TPSA) is 73.9 Å². The molecular formula is C29H24F2N4O. The quantitative estimate of drug-likeness (QED) is 0.391. The van der Waals surface area contributed by atoms with Crippen LogP contribution in [0, 0.1) is 40.7 Å². The van der Waals surface area contributed by atoms with Crippen LogP contribution in [0.5, 0.6) is 0 Å². The number of halogens is 2. The predicted molar refractivity (Wildman–Crippen MR) is 131 cm³/mol. The van der Waals surface area contributed by atoms with Crippen LogP contribution in [-0.2, 0) is 5.41 Å². The monoisotopic (exact) mass is 482 g/mol. The summed E-state index contributed by atoms with van der Waals surface area (Å²) < 4.78 is 30.6. The maximum atomic E-state index is 15.3. The van der Waals surface area contributed by atoms with Crippen molar-refractivity contribution in [3.8, 4) is 28.5 Å². The molecule has 36 heavy (non-hydrogen) atoms. The molecule has 5 nitrogen and oxygen atoms in total. The van der Waals surface area contributed by atoms with Crippen molar-refractivity contribution in [3.63, 3.8) is 0 Å². The van der Waals surface area contributed by atoms with Gasteiger partial charge in [-0.15, -0.1) is 0 Å². The third-order valence-electron chi connectivity index (χ3n) is 8.69. The molecule has 0 amide bonds. The number of benzene rings is 2. The number of hydrogen-bond donors (Lipinski definition) is 1. The third kappa shape index (κ3) is 3.17. The normalized spacial score (nSPS) is 26.4. The molecule has 4 saturated carbocycles. The Balaban J connectivity index is 1.50. The molecule has 0 atom stereocenters. The summed E-state index contributed by atoms with van der Waals surface area (Å²) in [5.41, 5.74) is 3.20. The van der Waals surface area contributed by atoms with Crippen LogP contribution >= 0.6 is 0 Å². The van der Waals surface area contributed by atoms with Crippen molar-refractivity contribution in [2.75, 3.05) is 0 Å². The lowest BCUT2D eigenvalue weighted by atomic mass is 9.48. The van der Waals surface area contributed by atoms with Gasteiger partial charge >= 0.3 is 0 Å². The van der Waals surface area contributed by atoms with E-state index in [4.69, 9.17) is 10.2 Å². The first-order valence-electron chi connectivity index (χ1n) is 12.5. The van der Waals surface area contributed by atoms with E-state index in [1.165, 1.54) is 42.0 Å². The Hall–Kier alpha value is -3.79. The number of nitrogens with one attached hydrogen (secondary N) is 1. The van der Waals surface area contributed by atoms with Crippen LogP contribution in [0.25, 0.3) is 28.0 Å². The van der Waals surface area contributed by atoms with Crippen molar-refractivity contribution in [3.05, 3.63) is 81.8 Å². The van der Waals surface area contributed by atoms with Gasteiger partial charge in [-0.05, 0) is 80.5 Å². The second-order valence-corrected chi connectivity index (χ2v) is 11.0. The highest BCUT2D eigenvalue weighted by molar-refractivity contribution is 5.82. The van der Waals surface area contributed by atoms with Gasteiger partial charge in [0, 0.05) is 28.7 Å². The molecule has 0 aliphatic heterocycles. The van der Waals surface area contributed by atoms with Gasteiger partial charge in [0.2, 0.25) is 0 Å². The minimum absolute atomic E-state index is 0.167. The van der Waals surface area contributed by atoms with Gasteiger partial charge in [-0.25, -0.2) is 18.3 Å². The van der Waals surface area contributed by atoms with E-state index in [-0.39, 0.29) is 16.5 Å². The van der Waals surface area contributed by atoms with Crippen molar-refractivity contribution in [2.24, 2.45) is 17.8 Å². The van der Waals surface area contributed by atoms with Gasteiger partial charge in [0.05, 0.1) is 28.6 Å². The highest BCUT2D eigenvalue weighted by Gasteiger charge is 2.53. The van der Waals surface area contributed by atoms with E-state index in [1.54, 1.807) is 24.3 Å². The van der Waals surface area contributed by atoms with Gasteiger partial charge < -0.3 is 0 Å². The number of fused-ring (bicyclic) bond motifs is 1. The molecular weight excluding hydrogens is 458 g/mol. The zero-order valence-corrected chi connectivity index (χ0v) is 19.6. The maximum absolute atomic E-state index is 15.3. The van der Waals surface area contributed by atoms with Crippen LogP contribution in [0.1, 0.15) is 49.8 Å². The number of H-pyrrole nitrogens is 1. The van der Waals surface area contributed by atoms with E-state index in [1.807, 2.05) is 0 Å². The summed E-state index contributed by atoms with van der Waals surface area (Å²) in [6.45, 7) is 0. The molecule has 0 radical (unpaired) electrons. The van der Waals surface area contributed by atoms with Gasteiger partial charge in [-0.1, -0.05) is 12.1 Å². The molecule has 0 spiro atoms. The fraction of sp³-hybridized carbons (Fsp3) is 0.345. The SMILES string of the molecule is N#Cc1ccc(-c2cc(=O)n3[nH]c(C45CC6CC(CC(C6)C4)C5)c(-c4ccc(F)cc4F)c3n2)cc1. The summed E-state index contributed by atoms with van der Waals surface area (Å²) in [6.07, 6.45) is 6.79. The first kappa shape index (κ1) is 21.5. The minimum atomic E-state index is -0.666. The molecule has 2 aromatic carbocycles. The Morgan fingerprint density at radius 3 is 2.25 bits per heavy atom. The molecule has 2 aromatic heterocycles. The summed E-state index contributed by atoms with van der Waals surface area (Å²) in [5.74, 6) is 0.628. The molecule has 4 fully saturated rings. The Kier molecular flexibility index (Phi) is 4.54. The lowest BCUT2D eigenvalue weighted by Gasteiger charge is -2.56. The molecule has 4 aliphatic carbocycles. The zero-order valence-electron chi connectivity index (χ0n) is 19.6. The van der Waals surface area contributed by atoms with Crippen molar-refractivity contribution < 1.29 is 8.78 Å². The van der Waals surface area contributed by atoms with Crippen LogP contribution in [0.4, 0.5) is 8.78 Å². The molecule has 4 aliphatic rings. The molecule has 7 heteroatoms. The van der Waals surface area contributed by atoms with Crippen molar-refractivity contribution in [1.29, 1.82) is 5.26 Å². The summed E-state index contributed by atoms with van der Waals surface area (Å²) in [6, 6.07) is 14.0. The molecule has 4 bridgehead atoms. The minimum Gasteiger partial charge on any atom is -0.292 e. The fourth-order valence-electron chi connectivity index (χ4n) is 7.65. The van der Waals surface area contributed by atoms with E-state index < -0.39 is 11.6 Å². The Morgan fingerprint density at radius 2 is 1.64 bits per heavy atom. The zero-order chi connectivity index (χ0) is 24.6. The van der Waals surface area contributed by atoms with Crippen LogP contribution in [0.15, 0.2) is 53.3 Å². The van der Waals surface area contributed by atoms with E-state index in [0.717, 1.165) is 31.0 Å². The Labute approximate surface area is 206 Å². The smallest absolute Gasteiger partial charge is 0.273 e. The average Bonchev–Trinajstić information content (AvgIpc) is 3.24. The van der Waals surface area contributed by atoms with Gasteiger partial charge in [0.1, 0.15) is 11.6 Å². The first-order chi connectivity index (χ1) is 17.4. The number of aromatic nitrogens is 3. The lowest BCUT2D eigenvalue weighted by Crippen LogP contribution is -2.49. The van der Waals surface area contributed by atoms with Crippen LogP contribution < -0.4 is 5.56 Å². The standard InChI is InChI=1S/C29H24F2N4O/c30-21-5-6-22(23(31)10-21)26-27(29-12-17-7-18(13-29)9-19(8-17)14-29)34-35-25(36)11-24(33-28(26)35)20-3-1-16(15-32)2-4-20/h1-6,10-11,17-19,34H,7-9,12-14H2. The average molecular weight is 483 g/mol. The number of rotatable bonds is 3. The summed E-state index contributed by atoms with van der Waals surface area (Å²) in [7, 11) is 0. The molecule has 4 aromatic rings. The van der Waals surface area contributed by atoms with E-state index in [9.17, 15) is 9.18 Å². The third-order valence-corrected chi connectivity index (χ3v) is 8.69. The van der Waals surface area contributed by atoms with E-state index in [2.05, 4.69) is 11.2 Å². The number of nitriles is 1. The second kappa shape index (κ2) is 7.60. The summed E-state index contributed by atoms with van der Waals surface area (Å²) in [5, 5.41) is 12.5. The van der Waals surface area contributed by atoms with E-state index in [0.29, 0.717) is 45.8 Å². The fourth-order valence-corrected chi connectivity index (χ4v) is 7.65. The largest absolute Gasteiger partial charge is 0.292 e. The summed E-state index contributed by atoms with van der Waals surface area (Å²) >= 11 is 0. The number of aromatic amines is 1. The van der Waals surface area contributed by atoms with Crippen LogP contribution in [-0.4, -0.2) is 14.6 Å². The molecule has 180 valence electrons. The summed E-state index contributed by atoms with van der Waals surface area (Å²) in [4.78, 5) is 18.2. The molecule has 1 N–H and O–H groups in total. The van der Waals surface area contributed by atoms with Gasteiger partial charge in [-0.3, -0.25) is 9.89 Å². The lowest BCUT2D eigenvalue weighted by molar-refractivity contribution is -0.00706. The maximum Gasteiger partial charge on any atom is 0.273 e. The first-order valence-corrected chi connectivity index (χ1v) is 12.5. The van der Waals surface area contributed by atoms with Gasteiger partial charge in [-0.2, -0.15) is 5.26 Å². The Morgan fingerprint density at radius 1 is 0.972 bits per heavy atom. The second-order valence-electron chi connectivity index (χ2n) is 11.0. The van der Waals surface area contributed by atoms with E-state index >= 15 is 4.39 Å². The molecule has 8 rings (SSSR count). The molecule has 0 saturated heterocycles. The van der Waals surface area contributed by atoms with Crippen LogP contribution in [0.2, 0.25) is 0 Å². The molecule has 0 unspecified atom stereocenters. The van der Waals surface area contributed by atoms with Gasteiger partial charge in [0.25, 0.3) is 5.56 Å². The predicted octanol–water partition coefficient (Wildman–Crippen LogP) is 5.97. The highest BCUT2D eigenvalue weighted by atomic mass is 19.1. The van der Waals surface area contributed by atoms with Crippen molar-refractivity contribution in [1.82, 2.24) is 14.6 Å². The van der Waals surface area contributed by atoms with Crippen molar-refractivity contribution >= 4 is 5.65 Å². The van der Waals surface area contributed by atoms with Gasteiger partial charge in [0.15, 0.2) is 5.65 Å². The highest BCUT2D eigenvalue weighted by Crippen LogP contribution is 2.61. The number of hydrogen-bond acceptors (Lipinski definition) is 3. The van der Waals surface area contributed by atoms with Crippen molar-refractivity contribution in [2.45, 2.75) is 43.9 Å². The van der Waals surface area contributed by atoms with Crippen LogP contribution in [0.3, 0.4) is 0 Å².